The Labute approximate surface area is 126 Å². The summed E-state index contributed by atoms with van der Waals surface area (Å²) < 4.78 is 39.1. The van der Waals surface area contributed by atoms with Crippen molar-refractivity contribution in [1.29, 1.82) is 0 Å². The molecular weight excluding hydrogens is 275 g/mol. The van der Waals surface area contributed by atoms with Crippen molar-refractivity contribution < 1.29 is 13.2 Å². The van der Waals surface area contributed by atoms with E-state index in [0.717, 1.165) is 25.8 Å². The Kier molecular flexibility index (Phi) is 6.15. The van der Waals surface area contributed by atoms with Gasteiger partial charge in [-0.1, -0.05) is 31.4 Å². The summed E-state index contributed by atoms with van der Waals surface area (Å²) in [4.78, 5) is 0. The molecule has 3 atom stereocenters. The Balaban J connectivity index is 2.08. The van der Waals surface area contributed by atoms with Gasteiger partial charge in [-0.2, -0.15) is 13.2 Å². The van der Waals surface area contributed by atoms with Gasteiger partial charge in [-0.15, -0.1) is 0 Å². The highest BCUT2D eigenvalue weighted by Crippen LogP contribution is 2.42. The largest absolute Gasteiger partial charge is 0.391 e. The van der Waals surface area contributed by atoms with Crippen LogP contribution in [0.3, 0.4) is 0 Å². The van der Waals surface area contributed by atoms with E-state index in [9.17, 15) is 13.2 Å². The van der Waals surface area contributed by atoms with E-state index < -0.39 is 12.1 Å². The van der Waals surface area contributed by atoms with Gasteiger partial charge in [-0.05, 0) is 57.4 Å². The molecule has 122 valence electrons. The van der Waals surface area contributed by atoms with Crippen LogP contribution < -0.4 is 5.32 Å². The van der Waals surface area contributed by atoms with Crippen molar-refractivity contribution in [3.63, 3.8) is 0 Å². The van der Waals surface area contributed by atoms with Gasteiger partial charge in [-0.3, -0.25) is 0 Å². The Morgan fingerprint density at radius 3 is 2.71 bits per heavy atom. The van der Waals surface area contributed by atoms with Crippen molar-refractivity contribution in [3.8, 4) is 0 Å². The zero-order valence-corrected chi connectivity index (χ0v) is 13.0. The van der Waals surface area contributed by atoms with Crippen molar-refractivity contribution in [2.45, 2.75) is 76.9 Å². The topological polar surface area (TPSA) is 12.0 Å². The lowest BCUT2D eigenvalue weighted by molar-refractivity contribution is -0.186. The van der Waals surface area contributed by atoms with Crippen molar-refractivity contribution in [1.82, 2.24) is 5.32 Å². The van der Waals surface area contributed by atoms with E-state index in [-0.39, 0.29) is 12.0 Å². The Hall–Kier alpha value is -0.510. The molecule has 0 amide bonds. The average molecular weight is 303 g/mol. The van der Waals surface area contributed by atoms with E-state index >= 15 is 0 Å². The first-order valence-corrected chi connectivity index (χ1v) is 8.51. The van der Waals surface area contributed by atoms with E-state index in [1.54, 1.807) is 0 Å². The van der Waals surface area contributed by atoms with Gasteiger partial charge in [0.1, 0.15) is 0 Å². The summed E-state index contributed by atoms with van der Waals surface area (Å²) in [7, 11) is 0. The van der Waals surface area contributed by atoms with Crippen LogP contribution in [0.15, 0.2) is 11.6 Å². The van der Waals surface area contributed by atoms with Gasteiger partial charge in [0, 0.05) is 6.04 Å². The molecule has 0 spiro atoms. The van der Waals surface area contributed by atoms with Gasteiger partial charge in [0.25, 0.3) is 0 Å². The summed E-state index contributed by atoms with van der Waals surface area (Å²) in [5.41, 5.74) is 1.38. The van der Waals surface area contributed by atoms with E-state index in [1.807, 2.05) is 6.92 Å². The maximum Gasteiger partial charge on any atom is 0.391 e. The molecule has 2 aliphatic rings. The molecule has 2 rings (SSSR count). The van der Waals surface area contributed by atoms with Crippen LogP contribution in [0.25, 0.3) is 0 Å². The highest BCUT2D eigenvalue weighted by molar-refractivity contribution is 5.14. The maximum absolute atomic E-state index is 13.0. The third-order valence-corrected chi connectivity index (χ3v) is 5.05. The molecule has 21 heavy (non-hydrogen) atoms. The monoisotopic (exact) mass is 303 g/mol. The van der Waals surface area contributed by atoms with Crippen molar-refractivity contribution >= 4 is 0 Å². The molecule has 0 bridgehead atoms. The summed E-state index contributed by atoms with van der Waals surface area (Å²) in [6.45, 7) is 2.88. The SMILES string of the molecule is CCNC(C1=CCCCCC1)C1CCCC(C(F)(F)F)C1. The fourth-order valence-electron chi connectivity index (χ4n) is 3.97. The van der Waals surface area contributed by atoms with Crippen molar-refractivity contribution in [3.05, 3.63) is 11.6 Å². The third kappa shape index (κ3) is 4.73. The van der Waals surface area contributed by atoms with Crippen LogP contribution in [0.2, 0.25) is 0 Å². The van der Waals surface area contributed by atoms with Crippen LogP contribution in [0.1, 0.15) is 64.7 Å². The molecule has 0 heterocycles. The van der Waals surface area contributed by atoms with Crippen LogP contribution in [0.5, 0.6) is 0 Å². The van der Waals surface area contributed by atoms with E-state index in [0.29, 0.717) is 19.3 Å². The van der Waals surface area contributed by atoms with Crippen molar-refractivity contribution in [2.75, 3.05) is 6.54 Å². The molecule has 2 aliphatic carbocycles. The third-order valence-electron chi connectivity index (χ3n) is 5.05. The predicted octanol–water partition coefficient (Wildman–Crippen LogP) is 5.22. The van der Waals surface area contributed by atoms with Crippen LogP contribution >= 0.6 is 0 Å². The van der Waals surface area contributed by atoms with Crippen LogP contribution in [-0.2, 0) is 0 Å². The number of nitrogens with one attached hydrogen (secondary N) is 1. The summed E-state index contributed by atoms with van der Waals surface area (Å²) >= 11 is 0. The van der Waals surface area contributed by atoms with E-state index in [1.165, 1.54) is 24.8 Å². The quantitative estimate of drug-likeness (QED) is 0.702. The lowest BCUT2D eigenvalue weighted by Crippen LogP contribution is -2.42. The molecule has 0 aliphatic heterocycles. The number of hydrogen-bond acceptors (Lipinski definition) is 1. The van der Waals surface area contributed by atoms with Crippen LogP contribution in [-0.4, -0.2) is 18.8 Å². The first-order valence-electron chi connectivity index (χ1n) is 8.51. The highest BCUT2D eigenvalue weighted by atomic mass is 19.4. The Morgan fingerprint density at radius 1 is 1.19 bits per heavy atom. The standard InChI is InChI=1S/C17H28F3N/c1-2-21-16(13-8-5-3-4-6-9-13)14-10-7-11-15(12-14)17(18,19)20/h8,14-16,21H,2-7,9-12H2,1H3. The van der Waals surface area contributed by atoms with Gasteiger partial charge in [0.05, 0.1) is 5.92 Å². The lowest BCUT2D eigenvalue weighted by atomic mass is 9.75. The molecule has 1 saturated carbocycles. The number of allylic oxidation sites excluding steroid dienone is 1. The number of likely N-dealkylation sites (N-methyl/N-ethyl adjacent to an activating group) is 1. The summed E-state index contributed by atoms with van der Waals surface area (Å²) in [5, 5.41) is 3.49. The number of hydrogen-bond donors (Lipinski definition) is 1. The summed E-state index contributed by atoms with van der Waals surface area (Å²) in [6.07, 6.45) is 6.35. The average Bonchev–Trinajstić information content (AvgIpc) is 2.73. The molecule has 1 N–H and O–H groups in total. The zero-order valence-electron chi connectivity index (χ0n) is 13.0. The second-order valence-corrected chi connectivity index (χ2v) is 6.58. The molecule has 0 radical (unpaired) electrons. The second-order valence-electron chi connectivity index (χ2n) is 6.58. The minimum Gasteiger partial charge on any atom is -0.310 e. The molecule has 0 aromatic carbocycles. The molecular formula is C17H28F3N. The van der Waals surface area contributed by atoms with Gasteiger partial charge in [0.2, 0.25) is 0 Å². The smallest absolute Gasteiger partial charge is 0.310 e. The second kappa shape index (κ2) is 7.66. The summed E-state index contributed by atoms with van der Waals surface area (Å²) in [6, 6.07) is 0.165. The fourth-order valence-corrected chi connectivity index (χ4v) is 3.97. The molecule has 4 heteroatoms. The minimum absolute atomic E-state index is 0.148. The normalized spacial score (nSPS) is 29.6. The van der Waals surface area contributed by atoms with Gasteiger partial charge < -0.3 is 5.32 Å². The van der Waals surface area contributed by atoms with Gasteiger partial charge in [-0.25, -0.2) is 0 Å². The Morgan fingerprint density at radius 2 is 2.00 bits per heavy atom. The van der Waals surface area contributed by atoms with Crippen LogP contribution in [0.4, 0.5) is 13.2 Å². The molecule has 3 unspecified atom stereocenters. The minimum atomic E-state index is -4.02. The highest BCUT2D eigenvalue weighted by Gasteiger charge is 2.43. The van der Waals surface area contributed by atoms with Crippen LogP contribution in [0, 0.1) is 11.8 Å². The zero-order chi connectivity index (χ0) is 15.3. The molecule has 0 aromatic rings. The fraction of sp³-hybridized carbons (Fsp3) is 0.882. The number of halogens is 3. The molecule has 0 saturated heterocycles. The molecule has 0 aromatic heterocycles. The Bertz CT molecular complexity index is 348. The first-order chi connectivity index (χ1) is 10.0. The molecule has 1 fully saturated rings. The number of alkyl halides is 3. The van der Waals surface area contributed by atoms with Gasteiger partial charge >= 0.3 is 6.18 Å². The van der Waals surface area contributed by atoms with E-state index in [2.05, 4.69) is 11.4 Å². The maximum atomic E-state index is 13.0. The predicted molar refractivity (Wildman–Crippen MR) is 80.1 cm³/mol. The lowest BCUT2D eigenvalue weighted by Gasteiger charge is -2.37. The first kappa shape index (κ1) is 16.9. The summed E-state index contributed by atoms with van der Waals surface area (Å²) in [5.74, 6) is -0.946. The van der Waals surface area contributed by atoms with Gasteiger partial charge in [0.15, 0.2) is 0 Å². The van der Waals surface area contributed by atoms with E-state index in [4.69, 9.17) is 0 Å². The number of rotatable bonds is 4. The molecule has 1 nitrogen and oxygen atoms in total. The van der Waals surface area contributed by atoms with Crippen molar-refractivity contribution in [2.24, 2.45) is 11.8 Å².